The third-order valence-corrected chi connectivity index (χ3v) is 7.69. The molecule has 0 spiro atoms. The Bertz CT molecular complexity index is 974. The molecule has 184 valence electrons. The van der Waals surface area contributed by atoms with Crippen LogP contribution in [0.15, 0.2) is 80.8 Å². The molecule has 0 saturated heterocycles. The normalized spacial score (nSPS) is 20.3. The molecule has 0 aromatic rings. The van der Waals surface area contributed by atoms with E-state index in [1.165, 1.54) is 73.8 Å². The van der Waals surface area contributed by atoms with Gasteiger partial charge in [-0.2, -0.15) is 0 Å². The highest BCUT2D eigenvalue weighted by Crippen LogP contribution is 2.37. The Morgan fingerprint density at radius 1 is 1.18 bits per heavy atom. The fourth-order valence-corrected chi connectivity index (χ4v) is 4.76. The van der Waals surface area contributed by atoms with E-state index in [1.54, 1.807) is 0 Å². The molecule has 34 heavy (non-hydrogen) atoms. The van der Waals surface area contributed by atoms with Gasteiger partial charge in [0.15, 0.2) is 0 Å². The molecular weight excluding hydrogens is 414 g/mol. The number of aliphatic imine (C=N–C) groups is 2. The number of nitrogens with zero attached hydrogens (tertiary/aromatic N) is 3. The van der Waals surface area contributed by atoms with Crippen molar-refractivity contribution in [3.63, 3.8) is 0 Å². The van der Waals surface area contributed by atoms with Gasteiger partial charge in [0.05, 0.1) is 11.4 Å². The molecule has 3 nitrogen and oxygen atoms in total. The van der Waals surface area contributed by atoms with Crippen molar-refractivity contribution in [2.75, 3.05) is 7.05 Å². The van der Waals surface area contributed by atoms with Crippen molar-refractivity contribution >= 4 is 11.5 Å². The summed E-state index contributed by atoms with van der Waals surface area (Å²) >= 11 is 0. The summed E-state index contributed by atoms with van der Waals surface area (Å²) in [6.07, 6.45) is 22.2. The van der Waals surface area contributed by atoms with Crippen LogP contribution in [0, 0.1) is 11.8 Å². The Morgan fingerprint density at radius 3 is 2.53 bits per heavy atom. The molecule has 3 heteroatoms. The van der Waals surface area contributed by atoms with Gasteiger partial charge in [-0.15, -0.1) is 0 Å². The van der Waals surface area contributed by atoms with Crippen molar-refractivity contribution in [3.8, 4) is 0 Å². The largest absolute Gasteiger partial charge is 0.302 e. The molecule has 0 aromatic carbocycles. The molecule has 0 radical (unpaired) electrons. The number of hydrogen-bond acceptors (Lipinski definition) is 3. The highest BCUT2D eigenvalue weighted by atomic mass is 15.2. The van der Waals surface area contributed by atoms with Crippen molar-refractivity contribution in [2.24, 2.45) is 21.8 Å². The molecule has 3 rings (SSSR count). The highest BCUT2D eigenvalue weighted by molar-refractivity contribution is 6.12. The fraction of sp³-hybridized carbons (Fsp3) is 0.548. The van der Waals surface area contributed by atoms with Crippen LogP contribution >= 0.6 is 0 Å². The van der Waals surface area contributed by atoms with Gasteiger partial charge in [-0.1, -0.05) is 65.2 Å². The van der Waals surface area contributed by atoms with Gasteiger partial charge in [0.2, 0.25) is 0 Å². The average molecular weight is 460 g/mol. The summed E-state index contributed by atoms with van der Waals surface area (Å²) in [5, 5.41) is 0. The molecule has 0 bridgehead atoms. The second-order valence-electron chi connectivity index (χ2n) is 10.1. The number of hydrogen-bond donors (Lipinski definition) is 0. The zero-order valence-corrected chi connectivity index (χ0v) is 22.5. The summed E-state index contributed by atoms with van der Waals surface area (Å²) in [5.41, 5.74) is 8.51. The lowest BCUT2D eigenvalue weighted by atomic mass is 9.85. The second kappa shape index (κ2) is 12.3. The Morgan fingerprint density at radius 2 is 1.94 bits per heavy atom. The van der Waals surface area contributed by atoms with E-state index in [4.69, 9.17) is 4.99 Å². The number of amidine groups is 1. The first-order valence-electron chi connectivity index (χ1n) is 13.5. The molecule has 2 atom stereocenters. The molecule has 0 N–H and O–H groups in total. The number of allylic oxidation sites excluding steroid dienone is 7. The van der Waals surface area contributed by atoms with Gasteiger partial charge >= 0.3 is 0 Å². The van der Waals surface area contributed by atoms with Crippen LogP contribution in [0.5, 0.6) is 0 Å². The predicted molar refractivity (Wildman–Crippen MR) is 149 cm³/mol. The van der Waals surface area contributed by atoms with Crippen molar-refractivity contribution in [3.05, 3.63) is 70.8 Å². The van der Waals surface area contributed by atoms with Crippen LogP contribution < -0.4 is 0 Å². The first-order valence-corrected chi connectivity index (χ1v) is 13.5. The van der Waals surface area contributed by atoms with E-state index in [1.807, 2.05) is 7.05 Å². The summed E-state index contributed by atoms with van der Waals surface area (Å²) in [5.74, 6) is 2.42. The molecule has 1 aliphatic carbocycles. The van der Waals surface area contributed by atoms with Crippen molar-refractivity contribution in [1.29, 1.82) is 0 Å². The molecule has 2 heterocycles. The van der Waals surface area contributed by atoms with E-state index in [-0.39, 0.29) is 0 Å². The molecular formula is C31H45N3. The molecule has 0 amide bonds. The van der Waals surface area contributed by atoms with Gasteiger partial charge in [-0.05, 0) is 92.2 Å². The van der Waals surface area contributed by atoms with Crippen molar-refractivity contribution in [2.45, 2.75) is 92.4 Å². The molecule has 3 aliphatic rings. The zero-order valence-electron chi connectivity index (χ0n) is 22.5. The van der Waals surface area contributed by atoms with Gasteiger partial charge in [-0.3, -0.25) is 4.99 Å². The van der Waals surface area contributed by atoms with Crippen molar-refractivity contribution in [1.82, 2.24) is 4.90 Å². The lowest BCUT2D eigenvalue weighted by Crippen LogP contribution is -2.32. The molecule has 1 fully saturated rings. The lowest BCUT2D eigenvalue weighted by Gasteiger charge is -2.35. The van der Waals surface area contributed by atoms with E-state index in [2.05, 4.69) is 81.6 Å². The van der Waals surface area contributed by atoms with Crippen LogP contribution in [-0.4, -0.2) is 23.5 Å². The van der Waals surface area contributed by atoms with Crippen LogP contribution in [0.3, 0.4) is 0 Å². The molecule has 1 saturated carbocycles. The second-order valence-corrected chi connectivity index (χ2v) is 10.1. The SMILES string of the molecule is C=C(CC)/C(C)=C/C(=N\C)C1=CC(=C2CCC2)N2C=C(C(CCC)CCC(C)CC)C=CC2=N1. The maximum atomic E-state index is 5.06. The van der Waals surface area contributed by atoms with E-state index >= 15 is 0 Å². The van der Waals surface area contributed by atoms with Crippen molar-refractivity contribution < 1.29 is 0 Å². The third kappa shape index (κ3) is 6.17. The van der Waals surface area contributed by atoms with E-state index in [0.29, 0.717) is 5.92 Å². The summed E-state index contributed by atoms with van der Waals surface area (Å²) in [7, 11) is 1.86. The Balaban J connectivity index is 1.94. The van der Waals surface area contributed by atoms with Gasteiger partial charge in [0, 0.05) is 18.9 Å². The van der Waals surface area contributed by atoms with Crippen LogP contribution in [0.1, 0.15) is 92.4 Å². The number of fused-ring (bicyclic) bond motifs is 1. The van der Waals surface area contributed by atoms with E-state index in [0.717, 1.165) is 35.2 Å². The maximum absolute atomic E-state index is 5.06. The maximum Gasteiger partial charge on any atom is 0.137 e. The zero-order chi connectivity index (χ0) is 24.7. The van der Waals surface area contributed by atoms with Crippen LogP contribution in [0.4, 0.5) is 0 Å². The minimum Gasteiger partial charge on any atom is -0.302 e. The topological polar surface area (TPSA) is 28.0 Å². The Labute approximate surface area is 208 Å². The van der Waals surface area contributed by atoms with Gasteiger partial charge in [0.1, 0.15) is 5.84 Å². The van der Waals surface area contributed by atoms with Crippen LogP contribution in [0.2, 0.25) is 0 Å². The van der Waals surface area contributed by atoms with Gasteiger partial charge in [0.25, 0.3) is 0 Å². The average Bonchev–Trinajstić information content (AvgIpc) is 2.82. The Hall–Kier alpha value is -2.42. The monoisotopic (exact) mass is 459 g/mol. The Kier molecular flexibility index (Phi) is 9.50. The number of rotatable bonds is 11. The standard InChI is InChI=1S/C31H45N3/c1-8-12-25(16-15-22(4)9-2)27-17-18-31-33-29(28(32-7)19-24(6)23(5)10-3)20-30(34(31)21-27)26-13-11-14-26/h17-22,25H,5,8-16H2,1-4,6-7H3/b24-19+,32-28+. The first kappa shape index (κ1) is 26.2. The van der Waals surface area contributed by atoms with E-state index in [9.17, 15) is 0 Å². The quantitative estimate of drug-likeness (QED) is 0.224. The van der Waals surface area contributed by atoms with Gasteiger partial charge in [-0.25, -0.2) is 4.99 Å². The summed E-state index contributed by atoms with van der Waals surface area (Å²) < 4.78 is 0. The predicted octanol–water partition coefficient (Wildman–Crippen LogP) is 8.70. The van der Waals surface area contributed by atoms with Gasteiger partial charge < -0.3 is 4.90 Å². The molecule has 0 aromatic heterocycles. The first-order chi connectivity index (χ1) is 16.4. The lowest BCUT2D eigenvalue weighted by molar-refractivity contribution is 0.417. The summed E-state index contributed by atoms with van der Waals surface area (Å²) in [6.45, 7) is 15.5. The minimum absolute atomic E-state index is 0.619. The third-order valence-electron chi connectivity index (χ3n) is 7.69. The smallest absolute Gasteiger partial charge is 0.137 e. The van der Waals surface area contributed by atoms with Crippen LogP contribution in [0.25, 0.3) is 0 Å². The minimum atomic E-state index is 0.619. The van der Waals surface area contributed by atoms with E-state index < -0.39 is 0 Å². The highest BCUT2D eigenvalue weighted by Gasteiger charge is 2.28. The summed E-state index contributed by atoms with van der Waals surface area (Å²) in [4.78, 5) is 12.0. The van der Waals surface area contributed by atoms with Crippen LogP contribution in [-0.2, 0) is 0 Å². The molecule has 2 unspecified atom stereocenters. The summed E-state index contributed by atoms with van der Waals surface area (Å²) in [6, 6.07) is 0. The molecule has 2 aliphatic heterocycles. The fourth-order valence-electron chi connectivity index (χ4n) is 4.76.